The van der Waals surface area contributed by atoms with Gasteiger partial charge in [0.1, 0.15) is 5.82 Å². The first-order valence-electron chi connectivity index (χ1n) is 7.33. The van der Waals surface area contributed by atoms with Gasteiger partial charge >= 0.3 is 0 Å². The van der Waals surface area contributed by atoms with Crippen molar-refractivity contribution in [1.29, 1.82) is 0 Å². The maximum Gasteiger partial charge on any atom is 0.261 e. The third kappa shape index (κ3) is 3.31. The van der Waals surface area contributed by atoms with Gasteiger partial charge in [-0.25, -0.2) is 4.98 Å². The van der Waals surface area contributed by atoms with Crippen LogP contribution in [-0.2, 0) is 13.0 Å². The van der Waals surface area contributed by atoms with E-state index in [9.17, 15) is 9.90 Å². The Morgan fingerprint density at radius 3 is 2.62 bits per heavy atom. The second-order valence-corrected chi connectivity index (χ2v) is 6.70. The molecule has 1 aromatic heterocycles. The smallest absolute Gasteiger partial charge is 0.261 e. The monoisotopic (exact) mass is 407 g/mol. The average Bonchev–Trinajstić information content (AvgIpc) is 2.55. The molecule has 1 heterocycles. The summed E-state index contributed by atoms with van der Waals surface area (Å²) in [5.41, 5.74) is 7.67. The zero-order valence-corrected chi connectivity index (χ0v) is 15.0. The highest BCUT2D eigenvalue weighted by Crippen LogP contribution is 2.24. The predicted molar refractivity (Wildman–Crippen MR) is 99.5 cm³/mol. The average molecular weight is 409 g/mol. The maximum atomic E-state index is 12.9. The summed E-state index contributed by atoms with van der Waals surface area (Å²) in [4.78, 5) is 17.4. The van der Waals surface area contributed by atoms with E-state index >= 15 is 0 Å². The van der Waals surface area contributed by atoms with Crippen molar-refractivity contribution >= 4 is 44.1 Å². The van der Waals surface area contributed by atoms with Gasteiger partial charge < -0.3 is 10.8 Å². The Kier molecular flexibility index (Phi) is 4.89. The van der Waals surface area contributed by atoms with Gasteiger partial charge in [-0.05, 0) is 45.8 Å². The summed E-state index contributed by atoms with van der Waals surface area (Å²) in [7, 11) is 0. The third-order valence-electron chi connectivity index (χ3n) is 3.74. The molecule has 2 aromatic carbocycles. The van der Waals surface area contributed by atoms with Crippen molar-refractivity contribution in [2.45, 2.75) is 13.0 Å². The van der Waals surface area contributed by atoms with E-state index in [1.165, 1.54) is 0 Å². The van der Waals surface area contributed by atoms with E-state index in [0.717, 1.165) is 5.56 Å². The molecular weight excluding hydrogens is 394 g/mol. The number of nitrogens with zero attached hydrogens (tertiary/aromatic N) is 2. The highest BCUT2D eigenvalue weighted by molar-refractivity contribution is 9.10. The van der Waals surface area contributed by atoms with E-state index in [2.05, 4.69) is 20.9 Å². The zero-order chi connectivity index (χ0) is 17.3. The fourth-order valence-corrected chi connectivity index (χ4v) is 2.99. The Morgan fingerprint density at radius 1 is 1.25 bits per heavy atom. The van der Waals surface area contributed by atoms with Crippen LogP contribution in [0.3, 0.4) is 0 Å². The van der Waals surface area contributed by atoms with Crippen LogP contribution in [-0.4, -0.2) is 21.3 Å². The highest BCUT2D eigenvalue weighted by Gasteiger charge is 2.13. The van der Waals surface area contributed by atoms with Crippen molar-refractivity contribution in [3.8, 4) is 0 Å². The van der Waals surface area contributed by atoms with Gasteiger partial charge in [-0.15, -0.1) is 0 Å². The van der Waals surface area contributed by atoms with Crippen molar-refractivity contribution < 1.29 is 5.11 Å². The summed E-state index contributed by atoms with van der Waals surface area (Å²) in [5, 5.41) is 10.4. The first-order valence-corrected chi connectivity index (χ1v) is 8.50. The molecule has 0 unspecified atom stereocenters. The molecule has 3 aromatic rings. The quantitative estimate of drug-likeness (QED) is 0.650. The van der Waals surface area contributed by atoms with Crippen LogP contribution in [0, 0.1) is 0 Å². The number of anilines is 1. The molecule has 7 heteroatoms. The summed E-state index contributed by atoms with van der Waals surface area (Å²) in [6, 6.07) is 10.6. The molecule has 3 rings (SSSR count). The molecule has 0 fully saturated rings. The summed E-state index contributed by atoms with van der Waals surface area (Å²) in [6.07, 6.45) is 0.292. The Labute approximate surface area is 151 Å². The first kappa shape index (κ1) is 17.0. The Bertz CT molecular complexity index is 955. The van der Waals surface area contributed by atoms with Crippen LogP contribution < -0.4 is 11.3 Å². The number of nitrogen functional groups attached to an aromatic ring is 1. The lowest BCUT2D eigenvalue weighted by atomic mass is 10.2. The standard InChI is InChI=1S/C17H15BrClN3O2/c18-13-8-15-12(7-14(13)20)17(24)22(16(21-15)5-6-23)9-10-1-3-11(19)4-2-10/h1-4,7-8,23H,5-6,9,20H2. The van der Waals surface area contributed by atoms with E-state index in [4.69, 9.17) is 17.3 Å². The summed E-state index contributed by atoms with van der Waals surface area (Å²) in [5.74, 6) is 0.529. The van der Waals surface area contributed by atoms with E-state index in [1.807, 2.05) is 12.1 Å². The molecule has 0 radical (unpaired) electrons. The summed E-state index contributed by atoms with van der Waals surface area (Å²) in [6.45, 7) is 0.263. The molecule has 3 N–H and O–H groups in total. The van der Waals surface area contributed by atoms with Gasteiger partial charge in [0.15, 0.2) is 0 Å². The fourth-order valence-electron chi connectivity index (χ4n) is 2.53. The zero-order valence-electron chi connectivity index (χ0n) is 12.7. The van der Waals surface area contributed by atoms with Crippen LogP contribution in [0.2, 0.25) is 5.02 Å². The number of aromatic nitrogens is 2. The van der Waals surface area contributed by atoms with Gasteiger partial charge in [0.25, 0.3) is 5.56 Å². The molecule has 0 spiro atoms. The normalized spacial score (nSPS) is 11.1. The molecule has 0 aliphatic carbocycles. The second kappa shape index (κ2) is 6.93. The molecule has 0 saturated carbocycles. The number of nitrogens with two attached hydrogens (primary N) is 1. The van der Waals surface area contributed by atoms with Gasteiger partial charge in [-0.2, -0.15) is 0 Å². The molecule has 0 bridgehead atoms. The lowest BCUT2D eigenvalue weighted by Crippen LogP contribution is -2.26. The van der Waals surface area contributed by atoms with E-state index in [1.54, 1.807) is 28.8 Å². The van der Waals surface area contributed by atoms with Crippen molar-refractivity contribution in [3.05, 3.63) is 67.6 Å². The molecule has 24 heavy (non-hydrogen) atoms. The van der Waals surface area contributed by atoms with Gasteiger partial charge in [-0.1, -0.05) is 23.7 Å². The van der Waals surface area contributed by atoms with Crippen molar-refractivity contribution in [3.63, 3.8) is 0 Å². The van der Waals surface area contributed by atoms with Gasteiger partial charge in [0.2, 0.25) is 0 Å². The van der Waals surface area contributed by atoms with Crippen LogP contribution in [0.25, 0.3) is 10.9 Å². The first-order chi connectivity index (χ1) is 11.5. The number of aliphatic hydroxyl groups excluding tert-OH is 1. The van der Waals surface area contributed by atoms with E-state index in [0.29, 0.717) is 44.9 Å². The lowest BCUT2D eigenvalue weighted by Gasteiger charge is -2.14. The lowest BCUT2D eigenvalue weighted by molar-refractivity contribution is 0.294. The Morgan fingerprint density at radius 2 is 1.96 bits per heavy atom. The Balaban J connectivity index is 2.18. The van der Waals surface area contributed by atoms with Crippen molar-refractivity contribution in [2.24, 2.45) is 0 Å². The second-order valence-electron chi connectivity index (χ2n) is 5.41. The van der Waals surface area contributed by atoms with Gasteiger partial charge in [0, 0.05) is 21.6 Å². The van der Waals surface area contributed by atoms with E-state index in [-0.39, 0.29) is 12.2 Å². The van der Waals surface area contributed by atoms with Crippen LogP contribution in [0.4, 0.5) is 5.69 Å². The minimum absolute atomic E-state index is 0.0886. The summed E-state index contributed by atoms with van der Waals surface area (Å²) >= 11 is 9.25. The van der Waals surface area contributed by atoms with Gasteiger partial charge in [-0.3, -0.25) is 9.36 Å². The molecule has 0 saturated heterocycles. The maximum absolute atomic E-state index is 12.9. The topological polar surface area (TPSA) is 81.1 Å². The number of rotatable bonds is 4. The number of hydrogen-bond donors (Lipinski definition) is 2. The molecule has 0 amide bonds. The number of fused-ring (bicyclic) bond motifs is 1. The van der Waals surface area contributed by atoms with Crippen LogP contribution in [0.15, 0.2) is 45.7 Å². The number of aliphatic hydroxyl groups is 1. The molecule has 0 aliphatic heterocycles. The van der Waals surface area contributed by atoms with Crippen LogP contribution in [0.5, 0.6) is 0 Å². The third-order valence-corrected chi connectivity index (χ3v) is 4.68. The van der Waals surface area contributed by atoms with Crippen LogP contribution in [0.1, 0.15) is 11.4 Å². The largest absolute Gasteiger partial charge is 0.398 e. The predicted octanol–water partition coefficient (Wildman–Crippen LogP) is 2.98. The fraction of sp³-hybridized carbons (Fsp3) is 0.176. The van der Waals surface area contributed by atoms with Gasteiger partial charge in [0.05, 0.1) is 24.1 Å². The SMILES string of the molecule is Nc1cc2c(=O)n(Cc3ccc(Cl)cc3)c(CCO)nc2cc1Br. The molecule has 0 atom stereocenters. The number of halogens is 2. The number of benzene rings is 2. The minimum Gasteiger partial charge on any atom is -0.398 e. The highest BCUT2D eigenvalue weighted by atomic mass is 79.9. The molecule has 0 aliphatic rings. The molecular formula is C17H15BrClN3O2. The molecule has 5 nitrogen and oxygen atoms in total. The Hall–Kier alpha value is -1.89. The van der Waals surface area contributed by atoms with Crippen LogP contribution >= 0.6 is 27.5 Å². The molecule has 124 valence electrons. The van der Waals surface area contributed by atoms with E-state index < -0.39 is 0 Å². The van der Waals surface area contributed by atoms with Crippen molar-refractivity contribution in [2.75, 3.05) is 12.3 Å². The number of hydrogen-bond acceptors (Lipinski definition) is 4. The van der Waals surface area contributed by atoms with Crippen molar-refractivity contribution in [1.82, 2.24) is 9.55 Å². The minimum atomic E-state index is -0.183. The summed E-state index contributed by atoms with van der Waals surface area (Å²) < 4.78 is 2.25.